The molecule has 3 unspecified atom stereocenters. The van der Waals surface area contributed by atoms with Gasteiger partial charge in [0.15, 0.2) is 0 Å². The second-order valence-corrected chi connectivity index (χ2v) is 5.75. The van der Waals surface area contributed by atoms with Gasteiger partial charge in [0.1, 0.15) is 11.3 Å². The summed E-state index contributed by atoms with van der Waals surface area (Å²) in [5, 5.41) is 19.9. The SMILES string of the molecule is CC1CCC(Oc2ccc([N+](=O)[O-])cc2C(=O)O)CC1C. The number of hydrogen-bond donors (Lipinski definition) is 1. The second kappa shape index (κ2) is 6.11. The van der Waals surface area contributed by atoms with Crippen molar-refractivity contribution in [2.24, 2.45) is 11.8 Å². The molecule has 0 bridgehead atoms. The van der Waals surface area contributed by atoms with Crippen molar-refractivity contribution in [2.75, 3.05) is 0 Å². The van der Waals surface area contributed by atoms with Crippen LogP contribution in [0.2, 0.25) is 0 Å². The lowest BCUT2D eigenvalue weighted by atomic mass is 9.80. The van der Waals surface area contributed by atoms with Crippen LogP contribution in [0.25, 0.3) is 0 Å². The molecule has 2 rings (SSSR count). The lowest BCUT2D eigenvalue weighted by molar-refractivity contribution is -0.384. The van der Waals surface area contributed by atoms with Crippen LogP contribution in [0.15, 0.2) is 18.2 Å². The van der Waals surface area contributed by atoms with Gasteiger partial charge in [0.05, 0.1) is 11.0 Å². The molecule has 21 heavy (non-hydrogen) atoms. The van der Waals surface area contributed by atoms with Crippen LogP contribution in [0, 0.1) is 22.0 Å². The first-order valence-corrected chi connectivity index (χ1v) is 7.07. The van der Waals surface area contributed by atoms with Gasteiger partial charge in [-0.25, -0.2) is 4.79 Å². The van der Waals surface area contributed by atoms with Crippen LogP contribution in [0.5, 0.6) is 5.75 Å². The molecule has 1 aromatic rings. The van der Waals surface area contributed by atoms with Crippen molar-refractivity contribution in [3.05, 3.63) is 33.9 Å². The van der Waals surface area contributed by atoms with Crippen molar-refractivity contribution >= 4 is 11.7 Å². The van der Waals surface area contributed by atoms with E-state index in [0.29, 0.717) is 11.8 Å². The van der Waals surface area contributed by atoms with Gasteiger partial charge in [-0.15, -0.1) is 0 Å². The Morgan fingerprint density at radius 3 is 2.62 bits per heavy atom. The van der Waals surface area contributed by atoms with E-state index in [9.17, 15) is 20.0 Å². The molecule has 1 N–H and O–H groups in total. The first-order chi connectivity index (χ1) is 9.88. The first-order valence-electron chi connectivity index (χ1n) is 7.07. The van der Waals surface area contributed by atoms with E-state index in [-0.39, 0.29) is 23.1 Å². The van der Waals surface area contributed by atoms with Crippen molar-refractivity contribution in [1.82, 2.24) is 0 Å². The summed E-state index contributed by atoms with van der Waals surface area (Å²) in [5.74, 6) is 0.154. The fraction of sp³-hybridized carbons (Fsp3) is 0.533. The Balaban J connectivity index is 2.19. The lowest BCUT2D eigenvalue weighted by Gasteiger charge is -2.32. The van der Waals surface area contributed by atoms with Crippen LogP contribution in [0.4, 0.5) is 5.69 Å². The maximum absolute atomic E-state index is 11.3. The minimum absolute atomic E-state index is 0.0317. The predicted octanol–water partition coefficient (Wildman–Crippen LogP) is 3.50. The minimum Gasteiger partial charge on any atom is -0.490 e. The summed E-state index contributed by atoms with van der Waals surface area (Å²) in [6.45, 7) is 4.36. The number of benzene rings is 1. The molecule has 114 valence electrons. The van der Waals surface area contributed by atoms with Crippen molar-refractivity contribution in [3.8, 4) is 5.75 Å². The average molecular weight is 293 g/mol. The quantitative estimate of drug-likeness (QED) is 0.677. The topological polar surface area (TPSA) is 89.7 Å². The Kier molecular flexibility index (Phi) is 4.45. The third-order valence-corrected chi connectivity index (χ3v) is 4.25. The van der Waals surface area contributed by atoms with Gasteiger partial charge in [-0.2, -0.15) is 0 Å². The average Bonchev–Trinajstić information content (AvgIpc) is 2.43. The molecule has 1 aromatic carbocycles. The summed E-state index contributed by atoms with van der Waals surface area (Å²) in [7, 11) is 0. The van der Waals surface area contributed by atoms with Gasteiger partial charge in [-0.1, -0.05) is 13.8 Å². The summed E-state index contributed by atoms with van der Waals surface area (Å²) >= 11 is 0. The summed E-state index contributed by atoms with van der Waals surface area (Å²) in [6.07, 6.45) is 2.76. The third-order valence-electron chi connectivity index (χ3n) is 4.25. The Bertz CT molecular complexity index is 557. The Morgan fingerprint density at radius 1 is 1.33 bits per heavy atom. The molecule has 1 aliphatic carbocycles. The number of aromatic carboxylic acids is 1. The number of carboxylic acid groups (broad SMARTS) is 1. The molecule has 0 aromatic heterocycles. The van der Waals surface area contributed by atoms with E-state index in [1.807, 2.05) is 0 Å². The normalized spacial score (nSPS) is 25.3. The second-order valence-electron chi connectivity index (χ2n) is 5.75. The van der Waals surface area contributed by atoms with Gasteiger partial charge < -0.3 is 9.84 Å². The van der Waals surface area contributed by atoms with Crippen LogP contribution in [-0.4, -0.2) is 22.1 Å². The van der Waals surface area contributed by atoms with Crippen LogP contribution >= 0.6 is 0 Å². The van der Waals surface area contributed by atoms with Gasteiger partial charge in [0.2, 0.25) is 0 Å². The molecule has 0 spiro atoms. The Morgan fingerprint density at radius 2 is 2.05 bits per heavy atom. The molecule has 6 heteroatoms. The number of non-ortho nitro benzene ring substituents is 1. The number of hydrogen-bond acceptors (Lipinski definition) is 4. The largest absolute Gasteiger partial charge is 0.490 e. The molecule has 0 radical (unpaired) electrons. The highest BCUT2D eigenvalue weighted by Gasteiger charge is 2.27. The molecule has 0 heterocycles. The number of ether oxygens (including phenoxy) is 1. The lowest BCUT2D eigenvalue weighted by Crippen LogP contribution is -2.29. The van der Waals surface area contributed by atoms with Gasteiger partial charge >= 0.3 is 5.97 Å². The Hall–Kier alpha value is -2.11. The van der Waals surface area contributed by atoms with Gasteiger partial charge in [0.25, 0.3) is 5.69 Å². The van der Waals surface area contributed by atoms with E-state index in [2.05, 4.69) is 13.8 Å². The molecule has 0 saturated heterocycles. The van der Waals surface area contributed by atoms with Crippen molar-refractivity contribution in [2.45, 2.75) is 39.2 Å². The highest BCUT2D eigenvalue weighted by Crippen LogP contribution is 2.33. The molecule has 0 aliphatic heterocycles. The van der Waals surface area contributed by atoms with Crippen LogP contribution in [0.3, 0.4) is 0 Å². The molecule has 6 nitrogen and oxygen atoms in total. The highest BCUT2D eigenvalue weighted by atomic mass is 16.6. The van der Waals surface area contributed by atoms with Crippen molar-refractivity contribution < 1.29 is 19.6 Å². The van der Waals surface area contributed by atoms with E-state index in [1.165, 1.54) is 12.1 Å². The monoisotopic (exact) mass is 293 g/mol. The molecule has 1 fully saturated rings. The molecule has 3 atom stereocenters. The van der Waals surface area contributed by atoms with Gasteiger partial charge in [-0.05, 0) is 37.2 Å². The van der Waals surface area contributed by atoms with E-state index in [0.717, 1.165) is 25.3 Å². The van der Waals surface area contributed by atoms with Gasteiger partial charge in [-0.3, -0.25) is 10.1 Å². The highest BCUT2D eigenvalue weighted by molar-refractivity contribution is 5.91. The molecule has 1 aliphatic rings. The number of carboxylic acids is 1. The van der Waals surface area contributed by atoms with Crippen LogP contribution in [-0.2, 0) is 0 Å². The Labute approximate surface area is 122 Å². The zero-order valence-electron chi connectivity index (χ0n) is 12.1. The smallest absolute Gasteiger partial charge is 0.339 e. The zero-order chi connectivity index (χ0) is 15.6. The standard InChI is InChI=1S/C15H19NO5/c1-9-3-5-12(7-10(9)2)21-14-6-4-11(16(19)20)8-13(14)15(17)18/h4,6,8-10,12H,3,5,7H2,1-2H3,(H,17,18). The van der Waals surface area contributed by atoms with Crippen LogP contribution < -0.4 is 4.74 Å². The van der Waals surface area contributed by atoms with Crippen molar-refractivity contribution in [3.63, 3.8) is 0 Å². The number of carbonyl (C=O) groups is 1. The predicted molar refractivity (Wildman–Crippen MR) is 76.7 cm³/mol. The fourth-order valence-corrected chi connectivity index (χ4v) is 2.69. The number of nitrogens with zero attached hydrogens (tertiary/aromatic N) is 1. The number of rotatable bonds is 4. The third kappa shape index (κ3) is 3.51. The summed E-state index contributed by atoms with van der Waals surface area (Å²) < 4.78 is 5.80. The maximum Gasteiger partial charge on any atom is 0.339 e. The fourth-order valence-electron chi connectivity index (χ4n) is 2.69. The maximum atomic E-state index is 11.3. The van der Waals surface area contributed by atoms with E-state index in [4.69, 9.17) is 4.74 Å². The minimum atomic E-state index is -1.22. The summed E-state index contributed by atoms with van der Waals surface area (Å²) in [4.78, 5) is 21.4. The van der Waals surface area contributed by atoms with Crippen molar-refractivity contribution in [1.29, 1.82) is 0 Å². The van der Waals surface area contributed by atoms with E-state index < -0.39 is 10.9 Å². The summed E-state index contributed by atoms with van der Waals surface area (Å²) in [5.41, 5.74) is -0.402. The summed E-state index contributed by atoms with van der Waals surface area (Å²) in [6, 6.07) is 3.70. The zero-order valence-corrected chi connectivity index (χ0v) is 12.1. The number of nitro benzene ring substituents is 1. The molecular weight excluding hydrogens is 274 g/mol. The molecular formula is C15H19NO5. The molecule has 0 amide bonds. The van der Waals surface area contributed by atoms with E-state index in [1.54, 1.807) is 0 Å². The number of nitro groups is 1. The van der Waals surface area contributed by atoms with E-state index >= 15 is 0 Å². The van der Waals surface area contributed by atoms with Gasteiger partial charge in [0, 0.05) is 12.1 Å². The van der Waals surface area contributed by atoms with Crippen LogP contribution in [0.1, 0.15) is 43.5 Å². The first kappa shape index (κ1) is 15.3. The molecule has 1 saturated carbocycles.